The highest BCUT2D eigenvalue weighted by molar-refractivity contribution is 5.94. The fourth-order valence-corrected chi connectivity index (χ4v) is 3.11. The van der Waals surface area contributed by atoms with Crippen molar-refractivity contribution in [1.29, 1.82) is 0 Å². The molecule has 0 unspecified atom stereocenters. The second-order valence-electron chi connectivity index (χ2n) is 6.56. The Morgan fingerprint density at radius 2 is 1.67 bits per heavy atom. The Labute approximate surface area is 155 Å². The lowest BCUT2D eigenvalue weighted by atomic mass is 9.86. The summed E-state index contributed by atoms with van der Waals surface area (Å²) in [6.07, 6.45) is 2.37. The number of carboxylic acids is 1. The Hall–Kier alpha value is -2.96. The van der Waals surface area contributed by atoms with Gasteiger partial charge in [-0.1, -0.05) is 0 Å². The molecule has 1 amide bonds. The average Bonchev–Trinajstić information content (AvgIpc) is 2.65. The van der Waals surface area contributed by atoms with E-state index in [9.17, 15) is 18.4 Å². The molecule has 0 radical (unpaired) electrons. The minimum absolute atomic E-state index is 0.0441. The first-order valence-electron chi connectivity index (χ1n) is 8.69. The second kappa shape index (κ2) is 8.16. The van der Waals surface area contributed by atoms with Crippen molar-refractivity contribution in [3.05, 3.63) is 59.7 Å². The molecule has 3 rings (SSSR count). The lowest BCUT2D eigenvalue weighted by Gasteiger charge is -2.26. The van der Waals surface area contributed by atoms with Gasteiger partial charge in [0.1, 0.15) is 11.6 Å². The maximum atomic E-state index is 13.6. The molecule has 27 heavy (non-hydrogen) atoms. The summed E-state index contributed by atoms with van der Waals surface area (Å²) in [5, 5.41) is 11.9. The Kier molecular flexibility index (Phi) is 5.69. The van der Waals surface area contributed by atoms with Gasteiger partial charge in [0, 0.05) is 17.7 Å². The molecule has 0 aromatic heterocycles. The molecule has 7 heteroatoms. The van der Waals surface area contributed by atoms with Crippen molar-refractivity contribution in [3.63, 3.8) is 0 Å². The Morgan fingerprint density at radius 3 is 2.26 bits per heavy atom. The number of carbonyl (C=O) groups excluding carboxylic acids is 1. The van der Waals surface area contributed by atoms with E-state index in [1.807, 2.05) is 0 Å². The minimum atomic E-state index is -0.811. The predicted molar refractivity (Wildman–Crippen MR) is 93.7 cm³/mol. The van der Waals surface area contributed by atoms with Crippen LogP contribution < -0.4 is 10.1 Å². The van der Waals surface area contributed by atoms with Crippen molar-refractivity contribution in [3.8, 4) is 11.5 Å². The number of halogens is 2. The zero-order valence-electron chi connectivity index (χ0n) is 14.5. The van der Waals surface area contributed by atoms with Gasteiger partial charge in [0.25, 0.3) is 5.91 Å². The van der Waals surface area contributed by atoms with Gasteiger partial charge in [-0.3, -0.25) is 9.59 Å². The van der Waals surface area contributed by atoms with Crippen molar-refractivity contribution >= 4 is 11.9 Å². The van der Waals surface area contributed by atoms with Gasteiger partial charge in [-0.05, 0) is 62.1 Å². The molecule has 0 saturated heterocycles. The fraction of sp³-hybridized carbons (Fsp3) is 0.300. The van der Waals surface area contributed by atoms with Crippen LogP contribution in [-0.4, -0.2) is 23.0 Å². The highest BCUT2D eigenvalue weighted by atomic mass is 19.1. The average molecular weight is 375 g/mol. The molecule has 142 valence electrons. The number of carboxylic acid groups (broad SMARTS) is 1. The molecule has 0 bridgehead atoms. The molecule has 0 atom stereocenters. The molecule has 1 saturated carbocycles. The molecule has 2 aromatic carbocycles. The molecule has 5 nitrogen and oxygen atoms in total. The van der Waals surface area contributed by atoms with Crippen LogP contribution in [0, 0.1) is 17.6 Å². The highest BCUT2D eigenvalue weighted by Gasteiger charge is 2.26. The quantitative estimate of drug-likeness (QED) is 0.824. The number of hydrogen-bond acceptors (Lipinski definition) is 3. The number of ether oxygens (including phenoxy) is 1. The van der Waals surface area contributed by atoms with Crippen LogP contribution in [0.25, 0.3) is 0 Å². The third-order valence-corrected chi connectivity index (χ3v) is 4.65. The van der Waals surface area contributed by atoms with Gasteiger partial charge in [0.05, 0.1) is 5.92 Å². The predicted octanol–water partition coefficient (Wildman–Crippen LogP) is 4.13. The third kappa shape index (κ3) is 4.81. The molecule has 0 spiro atoms. The van der Waals surface area contributed by atoms with E-state index in [2.05, 4.69) is 5.32 Å². The van der Waals surface area contributed by atoms with Crippen LogP contribution in [0.15, 0.2) is 42.5 Å². The molecule has 0 aliphatic heterocycles. The van der Waals surface area contributed by atoms with E-state index in [0.717, 1.165) is 12.1 Å². The van der Waals surface area contributed by atoms with E-state index in [-0.39, 0.29) is 23.6 Å². The monoisotopic (exact) mass is 375 g/mol. The second-order valence-corrected chi connectivity index (χ2v) is 6.56. The van der Waals surface area contributed by atoms with E-state index in [1.165, 1.54) is 18.2 Å². The van der Waals surface area contributed by atoms with Gasteiger partial charge in [-0.15, -0.1) is 0 Å². The first-order valence-corrected chi connectivity index (χ1v) is 8.69. The van der Waals surface area contributed by atoms with Gasteiger partial charge in [-0.25, -0.2) is 8.78 Å². The summed E-state index contributed by atoms with van der Waals surface area (Å²) in [6.45, 7) is 0. The van der Waals surface area contributed by atoms with E-state index < -0.39 is 17.6 Å². The molecule has 2 N–H and O–H groups in total. The number of carbonyl (C=O) groups is 2. The van der Waals surface area contributed by atoms with Crippen molar-refractivity contribution < 1.29 is 28.2 Å². The van der Waals surface area contributed by atoms with Crippen molar-refractivity contribution in [2.45, 2.75) is 31.7 Å². The van der Waals surface area contributed by atoms with Gasteiger partial charge in [0.2, 0.25) is 0 Å². The van der Waals surface area contributed by atoms with Crippen molar-refractivity contribution in [2.75, 3.05) is 0 Å². The SMILES string of the molecule is O=C(NC1CCC(C(=O)O)CC1)c1ccc(Oc2ccc(F)cc2F)cc1. The van der Waals surface area contributed by atoms with Gasteiger partial charge in [0.15, 0.2) is 11.6 Å². The van der Waals surface area contributed by atoms with Crippen molar-refractivity contribution in [2.24, 2.45) is 5.92 Å². The topological polar surface area (TPSA) is 75.6 Å². The Morgan fingerprint density at radius 1 is 1.00 bits per heavy atom. The zero-order chi connectivity index (χ0) is 19.4. The molecule has 2 aromatic rings. The summed E-state index contributed by atoms with van der Waals surface area (Å²) in [7, 11) is 0. The standard InChI is InChI=1S/C20H19F2NO4/c21-14-5-10-18(17(22)11-14)27-16-8-3-12(4-9-16)19(24)23-15-6-1-13(2-7-15)20(25)26/h3-5,8-11,13,15H,1-2,6-7H2,(H,23,24)(H,25,26). The molecule has 0 heterocycles. The van der Waals surface area contributed by atoms with E-state index in [1.54, 1.807) is 12.1 Å². The van der Waals surface area contributed by atoms with E-state index in [4.69, 9.17) is 9.84 Å². The first kappa shape index (κ1) is 18.8. The molecular weight excluding hydrogens is 356 g/mol. The largest absolute Gasteiger partial charge is 0.481 e. The molecular formula is C20H19F2NO4. The lowest BCUT2D eigenvalue weighted by molar-refractivity contribution is -0.142. The number of aliphatic carboxylic acids is 1. The molecule has 1 aliphatic carbocycles. The van der Waals surface area contributed by atoms with Crippen LogP contribution in [0.1, 0.15) is 36.0 Å². The number of benzene rings is 2. The van der Waals surface area contributed by atoms with Crippen molar-refractivity contribution in [1.82, 2.24) is 5.32 Å². The zero-order valence-corrected chi connectivity index (χ0v) is 14.5. The molecule has 1 fully saturated rings. The van der Waals surface area contributed by atoms with Crippen LogP contribution in [-0.2, 0) is 4.79 Å². The van der Waals surface area contributed by atoms with Gasteiger partial charge >= 0.3 is 5.97 Å². The minimum Gasteiger partial charge on any atom is -0.481 e. The maximum Gasteiger partial charge on any atom is 0.306 e. The third-order valence-electron chi connectivity index (χ3n) is 4.65. The number of nitrogens with one attached hydrogen (secondary N) is 1. The van der Waals surface area contributed by atoms with Crippen LogP contribution >= 0.6 is 0 Å². The number of hydrogen-bond donors (Lipinski definition) is 2. The van der Waals surface area contributed by atoms with Crippen LogP contribution in [0.5, 0.6) is 11.5 Å². The lowest BCUT2D eigenvalue weighted by Crippen LogP contribution is -2.38. The summed E-state index contributed by atoms with van der Waals surface area (Å²) in [4.78, 5) is 23.3. The summed E-state index contributed by atoms with van der Waals surface area (Å²) in [5.74, 6) is -2.66. The van der Waals surface area contributed by atoms with Crippen LogP contribution in [0.2, 0.25) is 0 Å². The highest BCUT2D eigenvalue weighted by Crippen LogP contribution is 2.26. The normalized spacial score (nSPS) is 19.3. The fourth-order valence-electron chi connectivity index (χ4n) is 3.11. The van der Waals surface area contributed by atoms with E-state index >= 15 is 0 Å². The van der Waals surface area contributed by atoms with E-state index in [0.29, 0.717) is 37.0 Å². The summed E-state index contributed by atoms with van der Waals surface area (Å²) in [6, 6.07) is 9.13. The summed E-state index contributed by atoms with van der Waals surface area (Å²) in [5.41, 5.74) is 0.419. The number of amides is 1. The molecule has 1 aliphatic rings. The number of rotatable bonds is 5. The Balaban J connectivity index is 1.57. The maximum absolute atomic E-state index is 13.6. The van der Waals surface area contributed by atoms with Gasteiger partial charge < -0.3 is 15.2 Å². The summed E-state index contributed by atoms with van der Waals surface area (Å²) < 4.78 is 31.9. The van der Waals surface area contributed by atoms with Crippen LogP contribution in [0.3, 0.4) is 0 Å². The smallest absolute Gasteiger partial charge is 0.306 e. The Bertz CT molecular complexity index is 830. The first-order chi connectivity index (χ1) is 12.9. The van der Waals surface area contributed by atoms with Crippen LogP contribution in [0.4, 0.5) is 8.78 Å². The summed E-state index contributed by atoms with van der Waals surface area (Å²) >= 11 is 0. The van der Waals surface area contributed by atoms with Gasteiger partial charge in [-0.2, -0.15) is 0 Å².